The number of hydrogen-bond donors (Lipinski definition) is 0. The van der Waals surface area contributed by atoms with E-state index in [9.17, 15) is 23.3 Å². The summed E-state index contributed by atoms with van der Waals surface area (Å²) in [5.74, 6) is -0.654. The van der Waals surface area contributed by atoms with Gasteiger partial charge in [0.1, 0.15) is 0 Å². The van der Waals surface area contributed by atoms with Gasteiger partial charge in [-0.15, -0.1) is 0 Å². The second-order valence-electron chi connectivity index (χ2n) is 7.73. The fraction of sp³-hybridized carbons (Fsp3) is 0.409. The van der Waals surface area contributed by atoms with Crippen molar-refractivity contribution in [2.24, 2.45) is 5.92 Å². The van der Waals surface area contributed by atoms with E-state index in [0.29, 0.717) is 32.5 Å². The molecule has 0 atom stereocenters. The van der Waals surface area contributed by atoms with Crippen LogP contribution < -0.4 is 0 Å². The summed E-state index contributed by atoms with van der Waals surface area (Å²) >= 11 is 0. The van der Waals surface area contributed by atoms with E-state index in [2.05, 4.69) is 14.7 Å². The second kappa shape index (κ2) is 11.3. The van der Waals surface area contributed by atoms with Crippen molar-refractivity contribution in [3.05, 3.63) is 70.3 Å². The molecule has 0 saturated carbocycles. The molecule has 0 aliphatic carbocycles. The molecule has 1 aliphatic rings. The molecule has 0 bridgehead atoms. The average Bonchev–Trinajstić information content (AvgIpc) is 2.82. The Labute approximate surface area is 192 Å². The lowest BCUT2D eigenvalue weighted by Crippen LogP contribution is -2.42. The van der Waals surface area contributed by atoms with Crippen LogP contribution in [0.5, 0.6) is 0 Å². The average molecular weight is 478 g/mol. The van der Waals surface area contributed by atoms with Crippen LogP contribution in [-0.4, -0.2) is 61.8 Å². The summed E-state index contributed by atoms with van der Waals surface area (Å²) in [5, 5.41) is 11.5. The third-order valence-electron chi connectivity index (χ3n) is 5.63. The van der Waals surface area contributed by atoms with Crippen LogP contribution in [0.4, 0.5) is 5.69 Å². The van der Waals surface area contributed by atoms with Crippen molar-refractivity contribution in [1.29, 1.82) is 0 Å². The van der Waals surface area contributed by atoms with Crippen molar-refractivity contribution < 1.29 is 27.9 Å². The van der Waals surface area contributed by atoms with Gasteiger partial charge in [-0.2, -0.15) is 9.19 Å². The number of nitro groups is 1. The molecule has 2 aromatic rings. The Morgan fingerprint density at radius 1 is 1.12 bits per heavy atom. The maximum absolute atomic E-state index is 13.5. The van der Waals surface area contributed by atoms with E-state index in [1.54, 1.807) is 0 Å². The summed E-state index contributed by atoms with van der Waals surface area (Å²) in [5.41, 5.74) is 0.328. The number of likely N-dealkylation sites (tertiary alicyclic amines) is 1. The number of piperidine rings is 1. The maximum atomic E-state index is 13.5. The smallest absolute Gasteiger partial charge is 0.302 e. The predicted octanol–water partition coefficient (Wildman–Crippen LogP) is 2.60. The van der Waals surface area contributed by atoms with Crippen LogP contribution >= 0.6 is 0 Å². The number of sulfonamides is 1. The monoisotopic (exact) mass is 477 g/mol. The number of carbonyl (C=O) groups excluding carboxylic acids is 1. The van der Waals surface area contributed by atoms with Crippen LogP contribution in [-0.2, 0) is 31.1 Å². The lowest BCUT2D eigenvalue weighted by molar-refractivity contribution is -0.387. The molecular formula is C22H27N3O7S. The van der Waals surface area contributed by atoms with Gasteiger partial charge in [0.2, 0.25) is 10.0 Å². The Hall–Kier alpha value is -2.86. The van der Waals surface area contributed by atoms with Gasteiger partial charge < -0.3 is 4.90 Å². The topological polar surface area (TPSA) is 119 Å². The highest BCUT2D eigenvalue weighted by Gasteiger charge is 2.32. The molecule has 178 valence electrons. The van der Waals surface area contributed by atoms with Crippen molar-refractivity contribution in [1.82, 2.24) is 9.21 Å². The zero-order valence-corrected chi connectivity index (χ0v) is 19.1. The highest BCUT2D eigenvalue weighted by Crippen LogP contribution is 2.27. The van der Waals surface area contributed by atoms with Crippen molar-refractivity contribution in [3.8, 4) is 0 Å². The normalized spacial score (nSPS) is 15.5. The van der Waals surface area contributed by atoms with E-state index in [0.717, 1.165) is 5.56 Å². The number of carbonyl (C=O) groups is 1. The maximum Gasteiger partial charge on any atom is 0.345 e. The molecule has 0 radical (unpaired) electrons. The Bertz CT molecular complexity index is 1050. The Morgan fingerprint density at radius 2 is 1.76 bits per heavy atom. The largest absolute Gasteiger partial charge is 0.345 e. The van der Waals surface area contributed by atoms with Crippen LogP contribution in [0, 0.1) is 16.0 Å². The van der Waals surface area contributed by atoms with Crippen molar-refractivity contribution in [2.45, 2.75) is 24.3 Å². The number of hydrogen-bond acceptors (Lipinski definition) is 8. The predicted molar refractivity (Wildman–Crippen MR) is 119 cm³/mol. The molecule has 1 saturated heterocycles. The van der Waals surface area contributed by atoms with Gasteiger partial charge >= 0.3 is 5.97 Å². The van der Waals surface area contributed by atoms with E-state index in [4.69, 9.17) is 0 Å². The molecule has 11 heteroatoms. The van der Waals surface area contributed by atoms with Crippen molar-refractivity contribution in [3.63, 3.8) is 0 Å². The first-order chi connectivity index (χ1) is 15.8. The van der Waals surface area contributed by atoms with E-state index in [1.165, 1.54) is 35.7 Å². The van der Waals surface area contributed by atoms with Gasteiger partial charge in [0.15, 0.2) is 4.90 Å². The summed E-state index contributed by atoms with van der Waals surface area (Å²) in [4.78, 5) is 33.4. The standard InChI is InChI=1S/C22H27N3O7S/c1-31-32-22(26)19-11-13-23(14-12-19)15-16-24(17-18-7-3-2-4-8-18)33(29,30)21-10-6-5-9-20(21)25(27)28/h2-10,19H,11-17H2,1H3. The van der Waals surface area contributed by atoms with E-state index in [-0.39, 0.29) is 23.9 Å². The number of benzene rings is 2. The molecular weight excluding hydrogens is 450 g/mol. The third-order valence-corrected chi connectivity index (χ3v) is 7.53. The lowest BCUT2D eigenvalue weighted by atomic mass is 9.97. The lowest BCUT2D eigenvalue weighted by Gasteiger charge is -2.32. The summed E-state index contributed by atoms with van der Waals surface area (Å²) in [6, 6.07) is 14.5. The first kappa shape index (κ1) is 24.8. The van der Waals surface area contributed by atoms with E-state index >= 15 is 0 Å². The molecule has 0 amide bonds. The highest BCUT2D eigenvalue weighted by molar-refractivity contribution is 7.89. The fourth-order valence-corrected chi connectivity index (χ4v) is 5.41. The van der Waals surface area contributed by atoms with Crippen molar-refractivity contribution >= 4 is 21.7 Å². The SMILES string of the molecule is COOC(=O)C1CCN(CCN(Cc2ccccc2)S(=O)(=O)c2ccccc2[N+](=O)[O-])CC1. The van der Waals surface area contributed by atoms with E-state index in [1.807, 2.05) is 30.3 Å². The zero-order chi connectivity index (χ0) is 23.8. The minimum atomic E-state index is -4.13. The third kappa shape index (κ3) is 6.35. The molecule has 0 aromatic heterocycles. The minimum absolute atomic E-state index is 0.0891. The number of nitro benzene ring substituents is 1. The molecule has 1 aliphatic heterocycles. The van der Waals surface area contributed by atoms with Crippen LogP contribution in [0.25, 0.3) is 0 Å². The van der Waals surface area contributed by atoms with Crippen molar-refractivity contribution in [2.75, 3.05) is 33.3 Å². The highest BCUT2D eigenvalue weighted by atomic mass is 32.2. The molecule has 10 nitrogen and oxygen atoms in total. The van der Waals surface area contributed by atoms with Gasteiger partial charge in [-0.25, -0.2) is 13.2 Å². The first-order valence-electron chi connectivity index (χ1n) is 10.6. The quantitative estimate of drug-likeness (QED) is 0.291. The molecule has 2 aromatic carbocycles. The van der Waals surface area contributed by atoms with E-state index < -0.39 is 26.6 Å². The van der Waals surface area contributed by atoms with Crippen LogP contribution in [0.3, 0.4) is 0 Å². The Balaban J connectivity index is 1.76. The molecule has 1 heterocycles. The number of para-hydroxylation sites is 1. The van der Waals surface area contributed by atoms with Gasteiger partial charge in [-0.1, -0.05) is 42.5 Å². The fourth-order valence-electron chi connectivity index (χ4n) is 3.83. The van der Waals surface area contributed by atoms with Crippen LogP contribution in [0.1, 0.15) is 18.4 Å². The molecule has 1 fully saturated rings. The molecule has 0 N–H and O–H groups in total. The molecule has 3 rings (SSSR count). The molecule has 33 heavy (non-hydrogen) atoms. The summed E-state index contributed by atoms with van der Waals surface area (Å²) < 4.78 is 28.2. The minimum Gasteiger partial charge on any atom is -0.302 e. The number of rotatable bonds is 10. The number of nitrogens with zero attached hydrogens (tertiary/aromatic N) is 3. The van der Waals surface area contributed by atoms with Gasteiger partial charge in [-0.3, -0.25) is 15.0 Å². The summed E-state index contributed by atoms with van der Waals surface area (Å²) in [6.45, 7) is 1.88. The van der Waals surface area contributed by atoms with Crippen LogP contribution in [0.2, 0.25) is 0 Å². The first-order valence-corrected chi connectivity index (χ1v) is 12.0. The van der Waals surface area contributed by atoms with Gasteiger partial charge in [0.25, 0.3) is 5.69 Å². The summed E-state index contributed by atoms with van der Waals surface area (Å²) in [6.07, 6.45) is 1.16. The van der Waals surface area contributed by atoms with Gasteiger partial charge in [0, 0.05) is 25.7 Å². The Kier molecular flexibility index (Phi) is 8.50. The van der Waals surface area contributed by atoms with Gasteiger partial charge in [0.05, 0.1) is 18.0 Å². The van der Waals surface area contributed by atoms with Gasteiger partial charge in [-0.05, 0) is 37.6 Å². The second-order valence-corrected chi connectivity index (χ2v) is 9.64. The molecule has 0 unspecified atom stereocenters. The molecule has 0 spiro atoms. The van der Waals surface area contributed by atoms with Crippen LogP contribution in [0.15, 0.2) is 59.5 Å². The Morgan fingerprint density at radius 3 is 2.39 bits per heavy atom. The zero-order valence-electron chi connectivity index (χ0n) is 18.3. The summed E-state index contributed by atoms with van der Waals surface area (Å²) in [7, 11) is -2.85.